The highest BCUT2D eigenvalue weighted by atomic mass is 16.5. The van der Waals surface area contributed by atoms with Crippen LogP contribution in [0.25, 0.3) is 0 Å². The van der Waals surface area contributed by atoms with E-state index in [0.717, 1.165) is 11.1 Å². The zero-order chi connectivity index (χ0) is 15.4. The Kier molecular flexibility index (Phi) is 4.57. The maximum absolute atomic E-state index is 11.8. The number of aryl methyl sites for hydroxylation is 2. The molecule has 0 saturated carbocycles. The Morgan fingerprint density at radius 1 is 1.38 bits per heavy atom. The molecule has 1 fully saturated rings. The highest BCUT2D eigenvalue weighted by Gasteiger charge is 2.28. The Morgan fingerprint density at radius 2 is 2.14 bits per heavy atom. The van der Waals surface area contributed by atoms with Crippen molar-refractivity contribution in [3.05, 3.63) is 29.3 Å². The first kappa shape index (κ1) is 15.0. The summed E-state index contributed by atoms with van der Waals surface area (Å²) < 4.78 is 4.91. The van der Waals surface area contributed by atoms with Gasteiger partial charge in [-0.1, -0.05) is 12.1 Å². The minimum atomic E-state index is -0.633. The molecule has 2 N–H and O–H groups in total. The summed E-state index contributed by atoms with van der Waals surface area (Å²) in [6.45, 7) is 3.45. The van der Waals surface area contributed by atoms with E-state index in [1.165, 1.54) is 0 Å². The Labute approximate surface area is 122 Å². The van der Waals surface area contributed by atoms with Crippen molar-refractivity contribution in [2.24, 2.45) is 0 Å². The van der Waals surface area contributed by atoms with Gasteiger partial charge in [-0.3, -0.25) is 9.59 Å². The summed E-state index contributed by atoms with van der Waals surface area (Å²) in [4.78, 5) is 34.4. The van der Waals surface area contributed by atoms with E-state index in [1.54, 1.807) is 0 Å². The summed E-state index contributed by atoms with van der Waals surface area (Å²) in [7, 11) is 0. The number of carbonyl (C=O) groups excluding carboxylic acids is 3. The van der Waals surface area contributed by atoms with Gasteiger partial charge in [-0.15, -0.1) is 0 Å². The molecular formula is C15H18N2O4. The number of carbonyl (C=O) groups is 3. The van der Waals surface area contributed by atoms with Crippen molar-refractivity contribution < 1.29 is 19.1 Å². The third kappa shape index (κ3) is 4.05. The summed E-state index contributed by atoms with van der Waals surface area (Å²) >= 11 is 0. The van der Waals surface area contributed by atoms with Crippen LogP contribution in [0.15, 0.2) is 18.2 Å². The van der Waals surface area contributed by atoms with E-state index >= 15 is 0 Å². The van der Waals surface area contributed by atoms with Gasteiger partial charge in [-0.25, -0.2) is 4.79 Å². The minimum absolute atomic E-state index is 0.170. The molecular weight excluding hydrogens is 272 g/mol. The fraction of sp³-hybridized carbons (Fsp3) is 0.400. The molecule has 1 atom stereocenters. The number of rotatable bonds is 4. The topological polar surface area (TPSA) is 84.5 Å². The minimum Gasteiger partial charge on any atom is -0.454 e. The van der Waals surface area contributed by atoms with Crippen molar-refractivity contribution in [1.29, 1.82) is 0 Å². The first-order valence-electron chi connectivity index (χ1n) is 6.79. The van der Waals surface area contributed by atoms with Crippen molar-refractivity contribution >= 4 is 23.5 Å². The molecule has 1 aliphatic heterocycles. The summed E-state index contributed by atoms with van der Waals surface area (Å²) in [5.74, 6) is -1.14. The zero-order valence-corrected chi connectivity index (χ0v) is 12.1. The van der Waals surface area contributed by atoms with Crippen molar-refractivity contribution in [3.8, 4) is 0 Å². The van der Waals surface area contributed by atoms with E-state index in [1.807, 2.05) is 32.0 Å². The number of nitrogens with one attached hydrogen (secondary N) is 2. The van der Waals surface area contributed by atoms with Crippen LogP contribution in [-0.4, -0.2) is 30.4 Å². The second kappa shape index (κ2) is 6.39. The lowest BCUT2D eigenvalue weighted by molar-refractivity contribution is -0.149. The summed E-state index contributed by atoms with van der Waals surface area (Å²) in [6.07, 6.45) is 0.727. The second-order valence-corrected chi connectivity index (χ2v) is 5.13. The maximum atomic E-state index is 11.8. The number of benzene rings is 1. The van der Waals surface area contributed by atoms with Crippen molar-refractivity contribution in [2.75, 3.05) is 11.9 Å². The molecule has 2 amide bonds. The van der Waals surface area contributed by atoms with Gasteiger partial charge in [0, 0.05) is 12.1 Å². The van der Waals surface area contributed by atoms with Crippen LogP contribution >= 0.6 is 0 Å². The summed E-state index contributed by atoms with van der Waals surface area (Å²) in [5, 5.41) is 5.20. The zero-order valence-electron chi connectivity index (χ0n) is 12.1. The molecule has 1 aromatic carbocycles. The van der Waals surface area contributed by atoms with Gasteiger partial charge in [0.15, 0.2) is 6.61 Å². The Hall–Kier alpha value is -2.37. The molecule has 0 spiro atoms. The van der Waals surface area contributed by atoms with E-state index in [-0.39, 0.29) is 12.5 Å². The molecule has 6 nitrogen and oxygen atoms in total. The van der Waals surface area contributed by atoms with E-state index < -0.39 is 17.9 Å². The second-order valence-electron chi connectivity index (χ2n) is 5.13. The average molecular weight is 290 g/mol. The van der Waals surface area contributed by atoms with Crippen LogP contribution < -0.4 is 10.6 Å². The van der Waals surface area contributed by atoms with Gasteiger partial charge >= 0.3 is 5.97 Å². The third-order valence-corrected chi connectivity index (χ3v) is 3.29. The summed E-state index contributed by atoms with van der Waals surface area (Å²) in [6, 6.07) is 5.08. The van der Waals surface area contributed by atoms with Gasteiger partial charge in [-0.2, -0.15) is 0 Å². The molecule has 1 aliphatic rings. The maximum Gasteiger partial charge on any atom is 0.329 e. The van der Waals surface area contributed by atoms with E-state index in [4.69, 9.17) is 4.74 Å². The quantitative estimate of drug-likeness (QED) is 0.812. The standard InChI is InChI=1S/C15H18N2O4/c1-9-3-4-10(2)12(7-9)17-14(19)8-21-15(20)11-5-6-13(18)16-11/h3-4,7,11H,5-6,8H2,1-2H3,(H,16,18)(H,17,19)/t11-/m1/s1. The van der Waals surface area contributed by atoms with Gasteiger partial charge < -0.3 is 15.4 Å². The Morgan fingerprint density at radius 3 is 2.81 bits per heavy atom. The number of ether oxygens (including phenoxy) is 1. The normalized spacial score (nSPS) is 17.2. The highest BCUT2D eigenvalue weighted by molar-refractivity contribution is 5.94. The fourth-order valence-corrected chi connectivity index (χ4v) is 2.08. The molecule has 1 saturated heterocycles. The van der Waals surface area contributed by atoms with E-state index in [9.17, 15) is 14.4 Å². The molecule has 2 rings (SSSR count). The van der Waals surface area contributed by atoms with Crippen molar-refractivity contribution in [2.45, 2.75) is 32.7 Å². The van der Waals surface area contributed by atoms with Crippen LogP contribution in [0.4, 0.5) is 5.69 Å². The van der Waals surface area contributed by atoms with E-state index in [0.29, 0.717) is 18.5 Å². The molecule has 0 aliphatic carbocycles. The molecule has 6 heteroatoms. The first-order valence-corrected chi connectivity index (χ1v) is 6.79. The molecule has 1 heterocycles. The smallest absolute Gasteiger partial charge is 0.329 e. The summed E-state index contributed by atoms with van der Waals surface area (Å²) in [5.41, 5.74) is 2.66. The Bertz CT molecular complexity index is 583. The number of anilines is 1. The molecule has 21 heavy (non-hydrogen) atoms. The van der Waals surface area contributed by atoms with Crippen LogP contribution in [0.2, 0.25) is 0 Å². The first-order chi connectivity index (χ1) is 9.95. The van der Waals surface area contributed by atoms with E-state index in [2.05, 4.69) is 10.6 Å². The average Bonchev–Trinajstić information content (AvgIpc) is 2.87. The lowest BCUT2D eigenvalue weighted by Crippen LogP contribution is -2.36. The predicted octanol–water partition coefficient (Wildman–Crippen LogP) is 1.06. The van der Waals surface area contributed by atoms with Crippen molar-refractivity contribution in [1.82, 2.24) is 5.32 Å². The molecule has 1 aromatic rings. The Balaban J connectivity index is 1.83. The van der Waals surface area contributed by atoms with Crippen LogP contribution in [0.1, 0.15) is 24.0 Å². The van der Waals surface area contributed by atoms with Crippen LogP contribution in [-0.2, 0) is 19.1 Å². The fourth-order valence-electron chi connectivity index (χ4n) is 2.08. The number of amides is 2. The molecule has 0 unspecified atom stereocenters. The van der Waals surface area contributed by atoms with Crippen LogP contribution in [0, 0.1) is 13.8 Å². The van der Waals surface area contributed by atoms with Crippen molar-refractivity contribution in [3.63, 3.8) is 0 Å². The molecule has 0 bridgehead atoms. The van der Waals surface area contributed by atoms with Crippen LogP contribution in [0.5, 0.6) is 0 Å². The van der Waals surface area contributed by atoms with Gasteiger partial charge in [0.25, 0.3) is 5.91 Å². The lowest BCUT2D eigenvalue weighted by atomic mass is 10.1. The van der Waals surface area contributed by atoms with Crippen LogP contribution in [0.3, 0.4) is 0 Å². The number of esters is 1. The molecule has 0 radical (unpaired) electrons. The third-order valence-electron chi connectivity index (χ3n) is 3.29. The number of hydrogen-bond donors (Lipinski definition) is 2. The predicted molar refractivity (Wildman–Crippen MR) is 76.7 cm³/mol. The van der Waals surface area contributed by atoms with Gasteiger partial charge in [-0.05, 0) is 37.5 Å². The van der Waals surface area contributed by atoms with Gasteiger partial charge in [0.1, 0.15) is 6.04 Å². The molecule has 112 valence electrons. The van der Waals surface area contributed by atoms with Gasteiger partial charge in [0.2, 0.25) is 5.91 Å². The SMILES string of the molecule is Cc1ccc(C)c(NC(=O)COC(=O)[C@H]2CCC(=O)N2)c1. The van der Waals surface area contributed by atoms with Gasteiger partial charge in [0.05, 0.1) is 0 Å². The molecule has 0 aromatic heterocycles. The monoisotopic (exact) mass is 290 g/mol. The highest BCUT2D eigenvalue weighted by Crippen LogP contribution is 2.16. The lowest BCUT2D eigenvalue weighted by Gasteiger charge is -2.12. The largest absolute Gasteiger partial charge is 0.454 e. The number of hydrogen-bond acceptors (Lipinski definition) is 4.